The lowest BCUT2D eigenvalue weighted by atomic mass is 9.98. The number of rotatable bonds is 6. The van der Waals surface area contributed by atoms with Crippen LogP contribution in [0.1, 0.15) is 18.4 Å². The van der Waals surface area contributed by atoms with Crippen LogP contribution in [-0.2, 0) is 26.2 Å². The van der Waals surface area contributed by atoms with Gasteiger partial charge in [0, 0.05) is 18.7 Å². The fourth-order valence-electron chi connectivity index (χ4n) is 3.16. The molecule has 0 bridgehead atoms. The SMILES string of the molecule is COc1ccc(S(=O)(=O)N2CCC(C(=O)OCc3c(F)cccc3Cl)CC2)cc1. The minimum Gasteiger partial charge on any atom is -0.497 e. The molecule has 0 N–H and O–H groups in total. The smallest absolute Gasteiger partial charge is 0.309 e. The largest absolute Gasteiger partial charge is 0.497 e. The van der Waals surface area contributed by atoms with E-state index in [0.717, 1.165) is 0 Å². The lowest BCUT2D eigenvalue weighted by Crippen LogP contribution is -2.40. The topological polar surface area (TPSA) is 72.9 Å². The van der Waals surface area contributed by atoms with Crippen LogP contribution in [0, 0.1) is 11.7 Å². The number of halogens is 2. The Bertz CT molecular complexity index is 953. The van der Waals surface area contributed by atoms with Gasteiger partial charge in [-0.2, -0.15) is 4.31 Å². The molecule has 2 aromatic rings. The first-order valence-corrected chi connectivity index (χ1v) is 10.9. The number of methoxy groups -OCH3 is 1. The second kappa shape index (κ2) is 9.11. The monoisotopic (exact) mass is 441 g/mol. The van der Waals surface area contributed by atoms with Crippen molar-refractivity contribution in [1.29, 1.82) is 0 Å². The zero-order valence-electron chi connectivity index (χ0n) is 15.8. The van der Waals surface area contributed by atoms with Crippen LogP contribution < -0.4 is 4.74 Å². The zero-order chi connectivity index (χ0) is 21.0. The maximum absolute atomic E-state index is 13.8. The highest BCUT2D eigenvalue weighted by atomic mass is 35.5. The van der Waals surface area contributed by atoms with Gasteiger partial charge < -0.3 is 9.47 Å². The number of hydrogen-bond donors (Lipinski definition) is 0. The number of nitrogens with zero attached hydrogens (tertiary/aromatic N) is 1. The predicted octanol–water partition coefficient (Wildman–Crippen LogP) is 3.63. The molecule has 0 aromatic heterocycles. The Kier molecular flexibility index (Phi) is 6.77. The number of sulfonamides is 1. The molecule has 6 nitrogen and oxygen atoms in total. The molecular weight excluding hydrogens is 421 g/mol. The molecule has 0 radical (unpaired) electrons. The van der Waals surface area contributed by atoms with Gasteiger partial charge in [-0.05, 0) is 49.2 Å². The first kappa shape index (κ1) is 21.5. The van der Waals surface area contributed by atoms with E-state index in [2.05, 4.69) is 0 Å². The molecule has 1 aliphatic heterocycles. The van der Waals surface area contributed by atoms with E-state index >= 15 is 0 Å². The summed E-state index contributed by atoms with van der Waals surface area (Å²) in [5, 5.41) is 0.193. The predicted molar refractivity (Wildman–Crippen MR) is 106 cm³/mol. The molecule has 9 heteroatoms. The van der Waals surface area contributed by atoms with Crippen molar-refractivity contribution in [2.24, 2.45) is 5.92 Å². The van der Waals surface area contributed by atoms with Crippen LogP contribution >= 0.6 is 11.6 Å². The normalized spacial score (nSPS) is 15.8. The van der Waals surface area contributed by atoms with Crippen LogP contribution in [0.2, 0.25) is 5.02 Å². The van der Waals surface area contributed by atoms with Crippen molar-refractivity contribution in [3.63, 3.8) is 0 Å². The molecule has 3 rings (SSSR count). The van der Waals surface area contributed by atoms with E-state index in [9.17, 15) is 17.6 Å². The number of hydrogen-bond acceptors (Lipinski definition) is 5. The van der Waals surface area contributed by atoms with Gasteiger partial charge in [0.1, 0.15) is 18.2 Å². The lowest BCUT2D eigenvalue weighted by Gasteiger charge is -2.30. The lowest BCUT2D eigenvalue weighted by molar-refractivity contribution is -0.151. The molecule has 0 unspecified atom stereocenters. The van der Waals surface area contributed by atoms with Gasteiger partial charge in [-0.3, -0.25) is 4.79 Å². The van der Waals surface area contributed by atoms with Crippen LogP contribution in [0.25, 0.3) is 0 Å². The second-order valence-electron chi connectivity index (χ2n) is 6.66. The Hall–Kier alpha value is -2.16. The average Bonchev–Trinajstić information content (AvgIpc) is 2.73. The van der Waals surface area contributed by atoms with Gasteiger partial charge in [0.25, 0.3) is 0 Å². The van der Waals surface area contributed by atoms with Crippen LogP contribution in [0.15, 0.2) is 47.4 Å². The van der Waals surface area contributed by atoms with E-state index < -0.39 is 27.7 Å². The maximum Gasteiger partial charge on any atom is 0.309 e. The summed E-state index contributed by atoms with van der Waals surface area (Å²) in [5.74, 6) is -0.889. The molecule has 0 atom stereocenters. The summed E-state index contributed by atoms with van der Waals surface area (Å²) in [6.45, 7) is 0.151. The third-order valence-electron chi connectivity index (χ3n) is 4.90. The van der Waals surface area contributed by atoms with E-state index in [1.165, 1.54) is 41.7 Å². The Morgan fingerprint density at radius 1 is 1.17 bits per heavy atom. The van der Waals surface area contributed by atoms with Crippen molar-refractivity contribution < 1.29 is 27.1 Å². The minimum atomic E-state index is -3.64. The molecule has 1 saturated heterocycles. The fraction of sp³-hybridized carbons (Fsp3) is 0.350. The summed E-state index contributed by atoms with van der Waals surface area (Å²) in [6, 6.07) is 10.4. The standard InChI is InChI=1S/C20H21ClFNO5S/c1-27-15-5-7-16(8-6-15)29(25,26)23-11-9-14(10-12-23)20(24)28-13-17-18(21)3-2-4-19(17)22/h2-8,14H,9-13H2,1H3. The van der Waals surface area contributed by atoms with Crippen LogP contribution in [0.4, 0.5) is 4.39 Å². The van der Waals surface area contributed by atoms with Crippen molar-refractivity contribution in [3.8, 4) is 5.75 Å². The van der Waals surface area contributed by atoms with E-state index in [1.807, 2.05) is 0 Å². The summed E-state index contributed by atoms with van der Waals surface area (Å²) < 4.78 is 50.9. The van der Waals surface area contributed by atoms with Gasteiger partial charge in [-0.1, -0.05) is 17.7 Å². The molecule has 156 valence electrons. The summed E-state index contributed by atoms with van der Waals surface area (Å²) in [5.41, 5.74) is 0.127. The Labute approximate surface area is 174 Å². The quantitative estimate of drug-likeness (QED) is 0.640. The molecule has 0 saturated carbocycles. The van der Waals surface area contributed by atoms with Gasteiger partial charge >= 0.3 is 5.97 Å². The Balaban J connectivity index is 1.57. The molecule has 29 heavy (non-hydrogen) atoms. The molecule has 1 aliphatic rings. The summed E-state index contributed by atoms with van der Waals surface area (Å²) in [7, 11) is -2.14. The van der Waals surface area contributed by atoms with E-state index in [-0.39, 0.29) is 35.2 Å². The van der Waals surface area contributed by atoms with Gasteiger partial charge in [0.2, 0.25) is 10.0 Å². The minimum absolute atomic E-state index is 0.127. The Morgan fingerprint density at radius 3 is 2.41 bits per heavy atom. The van der Waals surface area contributed by atoms with Crippen LogP contribution in [0.5, 0.6) is 5.75 Å². The van der Waals surface area contributed by atoms with Crippen molar-refractivity contribution >= 4 is 27.6 Å². The van der Waals surface area contributed by atoms with Gasteiger partial charge in [0.15, 0.2) is 0 Å². The molecule has 0 spiro atoms. The van der Waals surface area contributed by atoms with Crippen molar-refractivity contribution in [1.82, 2.24) is 4.31 Å². The highest BCUT2D eigenvalue weighted by molar-refractivity contribution is 7.89. The van der Waals surface area contributed by atoms with Gasteiger partial charge in [-0.25, -0.2) is 12.8 Å². The average molecular weight is 442 g/mol. The van der Waals surface area contributed by atoms with E-state index in [1.54, 1.807) is 12.1 Å². The fourth-order valence-corrected chi connectivity index (χ4v) is 4.85. The van der Waals surface area contributed by atoms with Gasteiger partial charge in [-0.15, -0.1) is 0 Å². The first-order valence-electron chi connectivity index (χ1n) is 9.06. The number of benzene rings is 2. The number of esters is 1. The van der Waals surface area contributed by atoms with Gasteiger partial charge in [0.05, 0.1) is 22.9 Å². The second-order valence-corrected chi connectivity index (χ2v) is 9.01. The summed E-state index contributed by atoms with van der Waals surface area (Å²) >= 11 is 5.93. The van der Waals surface area contributed by atoms with E-state index in [0.29, 0.717) is 18.6 Å². The number of carbonyl (C=O) groups excluding carboxylic acids is 1. The first-order chi connectivity index (χ1) is 13.8. The van der Waals surface area contributed by atoms with Crippen molar-refractivity contribution in [2.45, 2.75) is 24.3 Å². The third-order valence-corrected chi connectivity index (χ3v) is 7.17. The molecule has 1 fully saturated rings. The molecule has 2 aromatic carbocycles. The van der Waals surface area contributed by atoms with Crippen LogP contribution in [-0.4, -0.2) is 38.9 Å². The highest BCUT2D eigenvalue weighted by Gasteiger charge is 2.33. The number of ether oxygens (including phenoxy) is 2. The third kappa shape index (κ3) is 4.88. The van der Waals surface area contributed by atoms with Crippen molar-refractivity contribution in [2.75, 3.05) is 20.2 Å². The maximum atomic E-state index is 13.8. The molecule has 0 amide bonds. The molecular formula is C20H21ClFNO5S. The Morgan fingerprint density at radius 2 is 1.83 bits per heavy atom. The molecule has 1 heterocycles. The number of piperidine rings is 1. The summed E-state index contributed by atoms with van der Waals surface area (Å²) in [4.78, 5) is 12.5. The number of carbonyl (C=O) groups is 1. The zero-order valence-corrected chi connectivity index (χ0v) is 17.4. The van der Waals surface area contributed by atoms with E-state index in [4.69, 9.17) is 21.1 Å². The highest BCUT2D eigenvalue weighted by Crippen LogP contribution is 2.27. The van der Waals surface area contributed by atoms with Crippen molar-refractivity contribution in [3.05, 3.63) is 58.9 Å². The molecule has 0 aliphatic carbocycles. The summed E-state index contributed by atoms with van der Waals surface area (Å²) in [6.07, 6.45) is 0.665. The van der Waals surface area contributed by atoms with Crippen LogP contribution in [0.3, 0.4) is 0 Å².